The Morgan fingerprint density at radius 3 is 2.13 bits per heavy atom. The van der Waals surface area contributed by atoms with Crippen LogP contribution in [0.1, 0.15) is 98.0 Å². The van der Waals surface area contributed by atoms with E-state index in [2.05, 4.69) is 28.4 Å². The lowest BCUT2D eigenvalue weighted by atomic mass is 9.84. The molecular formula is C44H52ClN3O7. The van der Waals surface area contributed by atoms with Crippen molar-refractivity contribution in [2.45, 2.75) is 95.0 Å². The van der Waals surface area contributed by atoms with Crippen molar-refractivity contribution in [3.05, 3.63) is 130 Å². The third-order valence-corrected chi connectivity index (χ3v) is 11.1. The average molecular weight is 770 g/mol. The van der Waals surface area contributed by atoms with E-state index in [9.17, 15) is 19.8 Å². The number of hydrogen-bond donors (Lipinski definition) is 5. The maximum absolute atomic E-state index is 12.6. The number of nitrogens with zero attached hydrogens (tertiary/aromatic N) is 1. The number of hydroxylamine groups is 1. The average Bonchev–Trinajstić information content (AvgIpc) is 3.22. The van der Waals surface area contributed by atoms with Gasteiger partial charge in [0.1, 0.15) is 0 Å². The molecule has 3 unspecified atom stereocenters. The van der Waals surface area contributed by atoms with Crippen molar-refractivity contribution in [2.75, 3.05) is 19.6 Å². The molecule has 11 heteroatoms. The number of amides is 2. The Morgan fingerprint density at radius 1 is 0.800 bits per heavy atom. The van der Waals surface area contributed by atoms with E-state index in [4.69, 9.17) is 26.3 Å². The number of halogens is 1. The maximum atomic E-state index is 12.6. The first-order valence-electron chi connectivity index (χ1n) is 19.3. The molecule has 0 saturated carbocycles. The van der Waals surface area contributed by atoms with Gasteiger partial charge in [-0.2, -0.15) is 0 Å². The van der Waals surface area contributed by atoms with Crippen molar-refractivity contribution in [3.63, 3.8) is 0 Å². The first-order chi connectivity index (χ1) is 26.7. The van der Waals surface area contributed by atoms with E-state index in [0.717, 1.165) is 71.3 Å². The highest BCUT2D eigenvalue weighted by Gasteiger charge is 2.37. The molecule has 10 nitrogen and oxygen atoms in total. The SMILES string of the molecule is O=C(CCCCCCC(=O)NCc1ccccc1-c1ccc(C2OC(CN3CCC(O)(c4ccc(Cl)cc4)CC3)CC(c3ccc(CO)cc3)O2)cc1)NO. The molecule has 292 valence electrons. The van der Waals surface area contributed by atoms with Gasteiger partial charge in [0.2, 0.25) is 11.8 Å². The molecule has 55 heavy (non-hydrogen) atoms. The molecule has 0 radical (unpaired) electrons. The van der Waals surface area contributed by atoms with E-state index in [1.807, 2.05) is 78.9 Å². The predicted octanol–water partition coefficient (Wildman–Crippen LogP) is 7.49. The second-order valence-electron chi connectivity index (χ2n) is 14.7. The molecule has 4 aromatic rings. The number of piperidine rings is 1. The predicted molar refractivity (Wildman–Crippen MR) is 211 cm³/mol. The molecule has 2 saturated heterocycles. The summed E-state index contributed by atoms with van der Waals surface area (Å²) >= 11 is 6.10. The van der Waals surface area contributed by atoms with Gasteiger partial charge in [0.15, 0.2) is 6.29 Å². The summed E-state index contributed by atoms with van der Waals surface area (Å²) in [7, 11) is 0. The first kappa shape index (κ1) is 40.5. The Balaban J connectivity index is 1.08. The molecule has 2 heterocycles. The molecule has 2 aliphatic heterocycles. The van der Waals surface area contributed by atoms with Gasteiger partial charge in [-0.3, -0.25) is 14.8 Å². The first-order valence-corrected chi connectivity index (χ1v) is 19.7. The number of hydrogen-bond acceptors (Lipinski definition) is 8. The molecule has 2 aliphatic rings. The van der Waals surface area contributed by atoms with Gasteiger partial charge in [-0.15, -0.1) is 0 Å². The van der Waals surface area contributed by atoms with Crippen LogP contribution in [0.5, 0.6) is 0 Å². The number of carbonyl (C=O) groups excluding carboxylic acids is 2. The smallest absolute Gasteiger partial charge is 0.243 e. The third kappa shape index (κ3) is 11.2. The van der Waals surface area contributed by atoms with Gasteiger partial charge < -0.3 is 29.9 Å². The molecule has 5 N–H and O–H groups in total. The van der Waals surface area contributed by atoms with E-state index in [-0.39, 0.29) is 37.0 Å². The minimum Gasteiger partial charge on any atom is -0.392 e. The van der Waals surface area contributed by atoms with Crippen molar-refractivity contribution in [2.24, 2.45) is 0 Å². The van der Waals surface area contributed by atoms with Crippen LogP contribution in [0.15, 0.2) is 97.1 Å². The molecule has 4 aromatic carbocycles. The Labute approximate surface area is 328 Å². The summed E-state index contributed by atoms with van der Waals surface area (Å²) in [5.74, 6) is -0.400. The van der Waals surface area contributed by atoms with Gasteiger partial charge in [0, 0.05) is 56.0 Å². The van der Waals surface area contributed by atoms with Gasteiger partial charge >= 0.3 is 0 Å². The molecule has 0 aromatic heterocycles. The van der Waals surface area contributed by atoms with Crippen LogP contribution in [-0.4, -0.2) is 57.9 Å². The van der Waals surface area contributed by atoms with Gasteiger partial charge in [-0.1, -0.05) is 109 Å². The van der Waals surface area contributed by atoms with Crippen molar-refractivity contribution < 1.29 is 34.5 Å². The van der Waals surface area contributed by atoms with Crippen LogP contribution >= 0.6 is 11.6 Å². The number of aliphatic hydroxyl groups excluding tert-OH is 1. The minimum absolute atomic E-state index is 0.0123. The Bertz CT molecular complexity index is 1830. The van der Waals surface area contributed by atoms with Crippen molar-refractivity contribution in [1.29, 1.82) is 0 Å². The van der Waals surface area contributed by atoms with E-state index in [1.165, 1.54) is 0 Å². The summed E-state index contributed by atoms with van der Waals surface area (Å²) in [4.78, 5) is 26.1. The highest BCUT2D eigenvalue weighted by Crippen LogP contribution is 2.40. The number of nitrogens with one attached hydrogen (secondary N) is 2. The van der Waals surface area contributed by atoms with Gasteiger partial charge in [-0.25, -0.2) is 5.48 Å². The minimum atomic E-state index is -0.882. The molecule has 0 spiro atoms. The summed E-state index contributed by atoms with van der Waals surface area (Å²) < 4.78 is 13.3. The summed E-state index contributed by atoms with van der Waals surface area (Å²) in [6, 6.07) is 31.6. The number of carbonyl (C=O) groups is 2. The van der Waals surface area contributed by atoms with Crippen LogP contribution in [-0.2, 0) is 37.8 Å². The lowest BCUT2D eigenvalue weighted by molar-refractivity contribution is -0.253. The third-order valence-electron chi connectivity index (χ3n) is 10.8. The number of aliphatic hydroxyl groups is 2. The number of benzene rings is 4. The van der Waals surface area contributed by atoms with E-state index in [1.54, 1.807) is 5.48 Å². The zero-order chi connectivity index (χ0) is 38.6. The lowest BCUT2D eigenvalue weighted by Crippen LogP contribution is -2.46. The van der Waals surface area contributed by atoms with Crippen molar-refractivity contribution in [1.82, 2.24) is 15.7 Å². The summed E-state index contributed by atoms with van der Waals surface area (Å²) in [6.07, 6.45) is 4.79. The summed E-state index contributed by atoms with van der Waals surface area (Å²) in [6.45, 7) is 2.58. The van der Waals surface area contributed by atoms with E-state index in [0.29, 0.717) is 50.2 Å². The van der Waals surface area contributed by atoms with Gasteiger partial charge in [0.25, 0.3) is 0 Å². The second-order valence-corrected chi connectivity index (χ2v) is 15.1. The summed E-state index contributed by atoms with van der Waals surface area (Å²) in [5.41, 5.74) is 7.51. The number of ether oxygens (including phenoxy) is 2. The van der Waals surface area contributed by atoms with Gasteiger partial charge in [0.05, 0.1) is 24.4 Å². The van der Waals surface area contributed by atoms with Crippen LogP contribution in [0.4, 0.5) is 0 Å². The molecule has 0 aliphatic carbocycles. The molecular weight excluding hydrogens is 718 g/mol. The molecule has 3 atom stereocenters. The Morgan fingerprint density at radius 2 is 1.45 bits per heavy atom. The van der Waals surface area contributed by atoms with Crippen LogP contribution in [0, 0.1) is 0 Å². The Hall–Kier alpha value is -4.13. The van der Waals surface area contributed by atoms with E-state index >= 15 is 0 Å². The maximum Gasteiger partial charge on any atom is 0.243 e. The van der Waals surface area contributed by atoms with Crippen molar-refractivity contribution in [3.8, 4) is 11.1 Å². The van der Waals surface area contributed by atoms with Crippen LogP contribution in [0.25, 0.3) is 11.1 Å². The monoisotopic (exact) mass is 769 g/mol. The fraction of sp³-hybridized carbons (Fsp3) is 0.409. The number of likely N-dealkylation sites (tertiary alicyclic amines) is 1. The highest BCUT2D eigenvalue weighted by molar-refractivity contribution is 6.30. The van der Waals surface area contributed by atoms with Crippen LogP contribution in [0.3, 0.4) is 0 Å². The molecule has 2 fully saturated rings. The van der Waals surface area contributed by atoms with Gasteiger partial charge in [-0.05, 0) is 71.2 Å². The molecule has 2 amide bonds. The molecule has 0 bridgehead atoms. The van der Waals surface area contributed by atoms with E-state index < -0.39 is 11.9 Å². The largest absolute Gasteiger partial charge is 0.392 e. The standard InChI is InChI=1S/C44H52ClN3O7/c45-37-21-19-36(20-22-37)44(52)23-25-48(26-24-44)29-38-27-40(33-13-11-31(30-49)12-14-33)55-43(54-38)34-17-15-32(16-18-34)39-8-6-5-7-35(39)28-46-41(50)9-3-1-2-4-10-42(51)47-53/h5-8,11-22,38,40,43,49,52-53H,1-4,9-10,23-30H2,(H,46,50)(H,47,51). The van der Waals surface area contributed by atoms with Crippen LogP contribution < -0.4 is 10.8 Å². The summed E-state index contributed by atoms with van der Waals surface area (Å²) in [5, 5.41) is 33.4. The number of rotatable bonds is 16. The van der Waals surface area contributed by atoms with Crippen molar-refractivity contribution >= 4 is 23.4 Å². The fourth-order valence-corrected chi connectivity index (χ4v) is 7.64. The zero-order valence-electron chi connectivity index (χ0n) is 31.2. The topological polar surface area (TPSA) is 141 Å². The lowest BCUT2D eigenvalue weighted by Gasteiger charge is -2.42. The highest BCUT2D eigenvalue weighted by atomic mass is 35.5. The fourth-order valence-electron chi connectivity index (χ4n) is 7.51. The Kier molecular flexibility index (Phi) is 14.5. The number of unbranched alkanes of at least 4 members (excludes halogenated alkanes) is 3. The zero-order valence-corrected chi connectivity index (χ0v) is 31.9. The quantitative estimate of drug-likeness (QED) is 0.0449. The second kappa shape index (κ2) is 19.6. The molecule has 6 rings (SSSR count). The normalized spacial score (nSPS) is 19.8. The van der Waals surface area contributed by atoms with Crippen LogP contribution in [0.2, 0.25) is 5.02 Å².